The van der Waals surface area contributed by atoms with Gasteiger partial charge in [-0.25, -0.2) is 0 Å². The zero-order valence-electron chi connectivity index (χ0n) is 9.29. The number of terminal acetylenes is 1. The third-order valence-corrected chi connectivity index (χ3v) is 1.86. The van der Waals surface area contributed by atoms with E-state index in [1.54, 1.807) is 0 Å². The minimum Gasteiger partial charge on any atom is -0.380 e. The fourth-order valence-electron chi connectivity index (χ4n) is 0.946. The summed E-state index contributed by atoms with van der Waals surface area (Å²) < 4.78 is 5.27. The molecule has 1 unspecified atom stereocenters. The van der Waals surface area contributed by atoms with E-state index in [9.17, 15) is 4.79 Å². The van der Waals surface area contributed by atoms with E-state index in [1.807, 2.05) is 0 Å². The van der Waals surface area contributed by atoms with E-state index in [1.165, 1.54) is 0 Å². The molecule has 1 amide bonds. The van der Waals surface area contributed by atoms with Gasteiger partial charge in [-0.1, -0.05) is 13.3 Å². The molecule has 4 nitrogen and oxygen atoms in total. The second-order valence-corrected chi connectivity index (χ2v) is 3.27. The highest BCUT2D eigenvalue weighted by atomic mass is 16.5. The highest BCUT2D eigenvalue weighted by Gasteiger charge is 2.10. The van der Waals surface area contributed by atoms with Gasteiger partial charge in [0.15, 0.2) is 0 Å². The monoisotopic (exact) mass is 212 g/mol. The summed E-state index contributed by atoms with van der Waals surface area (Å²) in [4.78, 5) is 11.2. The average Bonchev–Trinajstić information content (AvgIpc) is 2.23. The number of nitrogens with two attached hydrogens (primary N) is 1. The summed E-state index contributed by atoms with van der Waals surface area (Å²) in [5.74, 6) is 2.13. The molecule has 15 heavy (non-hydrogen) atoms. The van der Waals surface area contributed by atoms with E-state index < -0.39 is 6.04 Å². The lowest BCUT2D eigenvalue weighted by atomic mass is 10.2. The van der Waals surface area contributed by atoms with Gasteiger partial charge in [0, 0.05) is 19.6 Å². The van der Waals surface area contributed by atoms with Crippen molar-refractivity contribution in [1.82, 2.24) is 5.32 Å². The Labute approximate surface area is 91.6 Å². The predicted octanol–water partition coefficient (Wildman–Crippen LogP) is 0.270. The van der Waals surface area contributed by atoms with Gasteiger partial charge in [0.25, 0.3) is 0 Å². The molecule has 0 rings (SSSR count). The molecule has 0 aliphatic rings. The van der Waals surface area contributed by atoms with Crippen molar-refractivity contribution >= 4 is 5.91 Å². The number of hydrogen-bond acceptors (Lipinski definition) is 3. The molecule has 0 radical (unpaired) electrons. The average molecular weight is 212 g/mol. The molecule has 0 aliphatic carbocycles. The molecule has 0 aromatic carbocycles. The van der Waals surface area contributed by atoms with Crippen LogP contribution >= 0.6 is 0 Å². The van der Waals surface area contributed by atoms with Crippen molar-refractivity contribution in [2.24, 2.45) is 5.73 Å². The zero-order chi connectivity index (χ0) is 11.5. The van der Waals surface area contributed by atoms with Gasteiger partial charge in [-0.3, -0.25) is 4.79 Å². The standard InChI is InChI=1S/C11H20N2O2/c1-3-5-8-15-9-7-13-11(14)10(12)6-4-2/h2,10H,3,5-9,12H2,1H3,(H,13,14). The van der Waals surface area contributed by atoms with Crippen molar-refractivity contribution in [3.8, 4) is 12.3 Å². The summed E-state index contributed by atoms with van der Waals surface area (Å²) in [6.45, 7) is 3.85. The first kappa shape index (κ1) is 13.9. The number of carbonyl (C=O) groups excluding carboxylic acids is 1. The maximum absolute atomic E-state index is 11.2. The van der Waals surface area contributed by atoms with Crippen LogP contribution in [-0.2, 0) is 9.53 Å². The lowest BCUT2D eigenvalue weighted by Gasteiger charge is -2.09. The van der Waals surface area contributed by atoms with Crippen LogP contribution in [0.2, 0.25) is 0 Å². The van der Waals surface area contributed by atoms with Crippen LogP contribution in [0.3, 0.4) is 0 Å². The normalized spacial score (nSPS) is 11.8. The highest BCUT2D eigenvalue weighted by molar-refractivity contribution is 5.81. The van der Waals surface area contributed by atoms with Gasteiger partial charge in [0.2, 0.25) is 5.91 Å². The number of unbranched alkanes of at least 4 members (excludes halogenated alkanes) is 1. The molecule has 0 heterocycles. The minimum absolute atomic E-state index is 0.216. The second-order valence-electron chi connectivity index (χ2n) is 3.27. The van der Waals surface area contributed by atoms with Gasteiger partial charge in [-0.2, -0.15) is 0 Å². The summed E-state index contributed by atoms with van der Waals surface area (Å²) in [5.41, 5.74) is 5.49. The van der Waals surface area contributed by atoms with Gasteiger partial charge >= 0.3 is 0 Å². The first-order valence-corrected chi connectivity index (χ1v) is 5.26. The summed E-state index contributed by atoms with van der Waals surface area (Å²) >= 11 is 0. The van der Waals surface area contributed by atoms with Crippen LogP contribution in [-0.4, -0.2) is 31.7 Å². The zero-order valence-corrected chi connectivity index (χ0v) is 9.29. The predicted molar refractivity (Wildman–Crippen MR) is 60.2 cm³/mol. The minimum atomic E-state index is -0.606. The number of ether oxygens (including phenoxy) is 1. The molecular formula is C11H20N2O2. The number of hydrogen-bond donors (Lipinski definition) is 2. The summed E-state index contributed by atoms with van der Waals surface area (Å²) in [5, 5.41) is 2.66. The van der Waals surface area contributed by atoms with Gasteiger partial charge in [-0.05, 0) is 6.42 Å². The van der Waals surface area contributed by atoms with Crippen LogP contribution in [0.5, 0.6) is 0 Å². The van der Waals surface area contributed by atoms with Gasteiger partial charge in [-0.15, -0.1) is 12.3 Å². The molecule has 1 atom stereocenters. The molecule has 0 spiro atoms. The van der Waals surface area contributed by atoms with Crippen LogP contribution in [0.25, 0.3) is 0 Å². The SMILES string of the molecule is C#CCC(N)C(=O)NCCOCCCC. The van der Waals surface area contributed by atoms with Crippen LogP contribution in [0.15, 0.2) is 0 Å². The van der Waals surface area contributed by atoms with Crippen molar-refractivity contribution in [3.63, 3.8) is 0 Å². The van der Waals surface area contributed by atoms with Crippen molar-refractivity contribution < 1.29 is 9.53 Å². The highest BCUT2D eigenvalue weighted by Crippen LogP contribution is 1.88. The van der Waals surface area contributed by atoms with Crippen molar-refractivity contribution in [3.05, 3.63) is 0 Å². The molecule has 86 valence electrons. The van der Waals surface area contributed by atoms with Crippen LogP contribution < -0.4 is 11.1 Å². The molecule has 4 heteroatoms. The Kier molecular flexibility index (Phi) is 8.84. The smallest absolute Gasteiger partial charge is 0.237 e. The Morgan fingerprint density at radius 2 is 2.33 bits per heavy atom. The maximum Gasteiger partial charge on any atom is 0.237 e. The third-order valence-electron chi connectivity index (χ3n) is 1.86. The van der Waals surface area contributed by atoms with E-state index in [-0.39, 0.29) is 12.3 Å². The molecule has 0 aromatic heterocycles. The Hall–Kier alpha value is -1.05. The lowest BCUT2D eigenvalue weighted by molar-refractivity contribution is -0.122. The Morgan fingerprint density at radius 3 is 2.93 bits per heavy atom. The molecule has 0 saturated heterocycles. The Balaban J connectivity index is 3.35. The van der Waals surface area contributed by atoms with Crippen molar-refractivity contribution in [2.75, 3.05) is 19.8 Å². The van der Waals surface area contributed by atoms with E-state index in [0.717, 1.165) is 19.4 Å². The molecule has 0 aliphatic heterocycles. The summed E-state index contributed by atoms with van der Waals surface area (Å²) in [6.07, 6.45) is 7.47. The van der Waals surface area contributed by atoms with E-state index in [4.69, 9.17) is 16.9 Å². The molecule has 0 fully saturated rings. The lowest BCUT2D eigenvalue weighted by Crippen LogP contribution is -2.41. The summed E-state index contributed by atoms with van der Waals surface area (Å²) in [7, 11) is 0. The number of nitrogens with one attached hydrogen (secondary N) is 1. The van der Waals surface area contributed by atoms with Gasteiger partial charge < -0.3 is 15.8 Å². The quantitative estimate of drug-likeness (QED) is 0.448. The van der Waals surface area contributed by atoms with E-state index in [0.29, 0.717) is 13.2 Å². The Bertz CT molecular complexity index is 211. The van der Waals surface area contributed by atoms with Gasteiger partial charge in [0.05, 0.1) is 12.6 Å². The number of carbonyl (C=O) groups is 1. The van der Waals surface area contributed by atoms with Crippen molar-refractivity contribution in [2.45, 2.75) is 32.2 Å². The molecule has 3 N–H and O–H groups in total. The second kappa shape index (κ2) is 9.50. The fourth-order valence-corrected chi connectivity index (χ4v) is 0.946. The van der Waals surface area contributed by atoms with E-state index >= 15 is 0 Å². The van der Waals surface area contributed by atoms with E-state index in [2.05, 4.69) is 18.2 Å². The molecule has 0 saturated carbocycles. The number of rotatable bonds is 8. The first-order valence-electron chi connectivity index (χ1n) is 5.26. The fraction of sp³-hybridized carbons (Fsp3) is 0.727. The summed E-state index contributed by atoms with van der Waals surface area (Å²) in [6, 6.07) is -0.606. The van der Waals surface area contributed by atoms with Crippen LogP contribution in [0, 0.1) is 12.3 Å². The largest absolute Gasteiger partial charge is 0.380 e. The molecule has 0 bridgehead atoms. The topological polar surface area (TPSA) is 64.4 Å². The van der Waals surface area contributed by atoms with Crippen LogP contribution in [0.1, 0.15) is 26.2 Å². The number of amides is 1. The third kappa shape index (κ3) is 7.98. The molecular weight excluding hydrogens is 192 g/mol. The van der Waals surface area contributed by atoms with Gasteiger partial charge in [0.1, 0.15) is 0 Å². The van der Waals surface area contributed by atoms with Crippen LogP contribution in [0.4, 0.5) is 0 Å². The first-order chi connectivity index (χ1) is 7.22. The van der Waals surface area contributed by atoms with Crippen molar-refractivity contribution in [1.29, 1.82) is 0 Å². The Morgan fingerprint density at radius 1 is 1.60 bits per heavy atom. The maximum atomic E-state index is 11.2. The molecule has 0 aromatic rings.